The molecule has 0 aromatic rings. The summed E-state index contributed by atoms with van der Waals surface area (Å²) in [6.45, 7) is 6.33. The molecule has 1 amide bonds. The minimum absolute atomic E-state index is 0. The first-order chi connectivity index (χ1) is 8.28. The van der Waals surface area contributed by atoms with Crippen molar-refractivity contribution in [3.05, 3.63) is 0 Å². The van der Waals surface area contributed by atoms with Crippen molar-refractivity contribution in [2.24, 2.45) is 11.1 Å². The normalized spacial score (nSPS) is 29.9. The first-order valence-corrected chi connectivity index (χ1v) is 7.78. The van der Waals surface area contributed by atoms with Crippen LogP contribution in [0.5, 0.6) is 0 Å². The second-order valence-corrected chi connectivity index (χ2v) is 6.80. The standard InChI is InChI=1S/C13H26N2O2S.ClH/c1-12(2)10(8-13(12,3)17-4)15-11(16)9(14)6-7-18-5;/h9-10H,6-8,14H2,1-5H3,(H,15,16);1H/t9-,10?,13?;/m0./s1. The van der Waals surface area contributed by atoms with Crippen LogP contribution in [0.3, 0.4) is 0 Å². The van der Waals surface area contributed by atoms with E-state index in [0.717, 1.165) is 18.6 Å². The minimum atomic E-state index is -0.400. The smallest absolute Gasteiger partial charge is 0.237 e. The van der Waals surface area contributed by atoms with Crippen LogP contribution in [0.1, 0.15) is 33.6 Å². The van der Waals surface area contributed by atoms with Crippen molar-refractivity contribution in [2.45, 2.75) is 51.3 Å². The van der Waals surface area contributed by atoms with E-state index in [9.17, 15) is 4.79 Å². The Labute approximate surface area is 127 Å². The number of thioether (sulfide) groups is 1. The third-order valence-corrected chi connectivity index (χ3v) is 5.21. The molecule has 1 fully saturated rings. The van der Waals surface area contributed by atoms with Crippen LogP contribution in [0, 0.1) is 5.41 Å². The van der Waals surface area contributed by atoms with Crippen LogP contribution in [0.25, 0.3) is 0 Å². The maximum atomic E-state index is 12.0. The highest BCUT2D eigenvalue weighted by molar-refractivity contribution is 7.98. The number of amides is 1. The summed E-state index contributed by atoms with van der Waals surface area (Å²) in [5.41, 5.74) is 5.65. The van der Waals surface area contributed by atoms with Crippen LogP contribution in [0.15, 0.2) is 0 Å². The van der Waals surface area contributed by atoms with E-state index in [2.05, 4.69) is 26.1 Å². The number of nitrogens with one attached hydrogen (secondary N) is 1. The lowest BCUT2D eigenvalue weighted by molar-refractivity contribution is -0.182. The Kier molecular flexibility index (Phi) is 7.17. The van der Waals surface area contributed by atoms with E-state index in [1.165, 1.54) is 0 Å². The van der Waals surface area contributed by atoms with Crippen molar-refractivity contribution in [3.63, 3.8) is 0 Å². The highest BCUT2D eigenvalue weighted by Crippen LogP contribution is 2.51. The van der Waals surface area contributed by atoms with Crippen molar-refractivity contribution >= 4 is 30.1 Å². The fraction of sp³-hybridized carbons (Fsp3) is 0.923. The van der Waals surface area contributed by atoms with Crippen LogP contribution in [0.2, 0.25) is 0 Å². The third kappa shape index (κ3) is 3.78. The van der Waals surface area contributed by atoms with Crippen molar-refractivity contribution in [3.8, 4) is 0 Å². The van der Waals surface area contributed by atoms with Crippen LogP contribution >= 0.6 is 24.2 Å². The zero-order chi connectivity index (χ0) is 14.0. The Hall–Kier alpha value is 0.0300. The van der Waals surface area contributed by atoms with Gasteiger partial charge in [0.05, 0.1) is 11.6 Å². The molecule has 0 spiro atoms. The molecule has 0 saturated heterocycles. The van der Waals surface area contributed by atoms with Crippen molar-refractivity contribution in [2.75, 3.05) is 19.1 Å². The van der Waals surface area contributed by atoms with Crippen molar-refractivity contribution < 1.29 is 9.53 Å². The van der Waals surface area contributed by atoms with E-state index in [-0.39, 0.29) is 35.4 Å². The van der Waals surface area contributed by atoms with Gasteiger partial charge in [0.2, 0.25) is 5.91 Å². The van der Waals surface area contributed by atoms with Gasteiger partial charge in [-0.2, -0.15) is 11.8 Å². The minimum Gasteiger partial charge on any atom is -0.378 e. The van der Waals surface area contributed by atoms with E-state index in [1.807, 2.05) is 6.26 Å². The summed E-state index contributed by atoms with van der Waals surface area (Å²) < 4.78 is 5.54. The number of carbonyl (C=O) groups excluding carboxylic acids is 1. The average Bonchev–Trinajstić information content (AvgIpc) is 2.34. The summed E-state index contributed by atoms with van der Waals surface area (Å²) in [6, 6.07) is -0.252. The number of hydrogen-bond acceptors (Lipinski definition) is 4. The van der Waals surface area contributed by atoms with Crippen LogP contribution < -0.4 is 11.1 Å². The first kappa shape index (κ1) is 19.0. The van der Waals surface area contributed by atoms with Gasteiger partial charge in [0.25, 0.3) is 0 Å². The fourth-order valence-corrected chi connectivity index (χ4v) is 2.87. The summed E-state index contributed by atoms with van der Waals surface area (Å²) >= 11 is 1.71. The Balaban J connectivity index is 0.00000324. The lowest BCUT2D eigenvalue weighted by Crippen LogP contribution is -2.69. The van der Waals surface area contributed by atoms with Gasteiger partial charge in [-0.05, 0) is 31.8 Å². The van der Waals surface area contributed by atoms with Crippen LogP contribution in [0.4, 0.5) is 0 Å². The van der Waals surface area contributed by atoms with Gasteiger partial charge in [0.15, 0.2) is 0 Å². The topological polar surface area (TPSA) is 64.3 Å². The quantitative estimate of drug-likeness (QED) is 0.785. The second kappa shape index (κ2) is 7.16. The van der Waals surface area contributed by atoms with E-state index >= 15 is 0 Å². The third-order valence-electron chi connectivity index (χ3n) is 4.56. The molecular weight excluding hydrogens is 284 g/mol. The van der Waals surface area contributed by atoms with Gasteiger partial charge >= 0.3 is 0 Å². The molecule has 114 valence electrons. The fourth-order valence-electron chi connectivity index (χ4n) is 2.38. The Morgan fingerprint density at radius 3 is 2.53 bits per heavy atom. The molecule has 0 heterocycles. The summed E-state index contributed by atoms with van der Waals surface area (Å²) in [5, 5.41) is 3.05. The molecule has 19 heavy (non-hydrogen) atoms. The molecule has 1 aliphatic rings. The molecular formula is C13H27ClN2O2S. The molecule has 1 rings (SSSR count). The van der Waals surface area contributed by atoms with Crippen LogP contribution in [-0.2, 0) is 9.53 Å². The predicted molar refractivity (Wildman–Crippen MR) is 84.0 cm³/mol. The average molecular weight is 311 g/mol. The molecule has 4 nitrogen and oxygen atoms in total. The molecule has 1 aliphatic carbocycles. The maximum Gasteiger partial charge on any atom is 0.237 e. The molecule has 0 aromatic carbocycles. The Bertz CT molecular complexity index is 315. The molecule has 0 bridgehead atoms. The van der Waals surface area contributed by atoms with Gasteiger partial charge in [0, 0.05) is 18.6 Å². The van der Waals surface area contributed by atoms with Crippen molar-refractivity contribution in [1.82, 2.24) is 5.32 Å². The molecule has 3 N–H and O–H groups in total. The number of rotatable bonds is 6. The van der Waals surface area contributed by atoms with Gasteiger partial charge in [-0.25, -0.2) is 0 Å². The zero-order valence-electron chi connectivity index (χ0n) is 12.5. The van der Waals surface area contributed by atoms with Gasteiger partial charge in [-0.3, -0.25) is 4.79 Å². The van der Waals surface area contributed by atoms with E-state index in [0.29, 0.717) is 0 Å². The van der Waals surface area contributed by atoms with E-state index in [1.54, 1.807) is 18.9 Å². The number of carbonyl (C=O) groups is 1. The molecule has 1 saturated carbocycles. The summed E-state index contributed by atoms with van der Waals surface area (Å²) in [7, 11) is 1.73. The predicted octanol–water partition coefficient (Wildman–Crippen LogP) is 1.81. The van der Waals surface area contributed by atoms with Gasteiger partial charge in [0.1, 0.15) is 0 Å². The molecule has 0 aliphatic heterocycles. The lowest BCUT2D eigenvalue weighted by Gasteiger charge is -2.59. The van der Waals surface area contributed by atoms with Gasteiger partial charge in [-0.15, -0.1) is 12.4 Å². The number of methoxy groups -OCH3 is 1. The number of hydrogen-bond donors (Lipinski definition) is 2. The number of ether oxygens (including phenoxy) is 1. The monoisotopic (exact) mass is 310 g/mol. The van der Waals surface area contributed by atoms with Gasteiger partial charge < -0.3 is 15.8 Å². The Morgan fingerprint density at radius 1 is 1.53 bits per heavy atom. The van der Waals surface area contributed by atoms with Gasteiger partial charge in [-0.1, -0.05) is 13.8 Å². The second-order valence-electron chi connectivity index (χ2n) is 5.81. The molecule has 6 heteroatoms. The largest absolute Gasteiger partial charge is 0.378 e. The Morgan fingerprint density at radius 2 is 2.11 bits per heavy atom. The molecule has 3 atom stereocenters. The summed E-state index contributed by atoms with van der Waals surface area (Å²) in [6.07, 6.45) is 3.59. The highest BCUT2D eigenvalue weighted by Gasteiger charge is 2.58. The lowest BCUT2D eigenvalue weighted by atomic mass is 9.56. The zero-order valence-corrected chi connectivity index (χ0v) is 14.1. The summed E-state index contributed by atoms with van der Waals surface area (Å²) in [5.74, 6) is 0.874. The number of nitrogens with two attached hydrogens (primary N) is 1. The van der Waals surface area contributed by atoms with Crippen LogP contribution in [-0.4, -0.2) is 42.7 Å². The molecule has 0 aromatic heterocycles. The first-order valence-electron chi connectivity index (χ1n) is 6.38. The van der Waals surface area contributed by atoms with E-state index in [4.69, 9.17) is 10.5 Å². The highest BCUT2D eigenvalue weighted by atomic mass is 35.5. The summed E-state index contributed by atoms with van der Waals surface area (Å²) in [4.78, 5) is 12.0. The SMILES string of the molecule is COC1(C)CC(NC(=O)[C@@H](N)CCSC)C1(C)C.Cl. The van der Waals surface area contributed by atoms with Crippen molar-refractivity contribution in [1.29, 1.82) is 0 Å². The van der Waals surface area contributed by atoms with E-state index < -0.39 is 6.04 Å². The molecule has 0 radical (unpaired) electrons. The molecule has 2 unspecified atom stereocenters. The maximum absolute atomic E-state index is 12.0. The number of halogens is 1.